The van der Waals surface area contributed by atoms with Crippen LogP contribution < -0.4 is 5.32 Å². The third-order valence-corrected chi connectivity index (χ3v) is 4.15. The quantitative estimate of drug-likeness (QED) is 0.818. The molecule has 0 spiro atoms. The fourth-order valence-electron chi connectivity index (χ4n) is 2.03. The lowest BCUT2D eigenvalue weighted by atomic mass is 10.1. The molecule has 86 valence electrons. The molecular formula is C11H14ClN3S. The van der Waals surface area contributed by atoms with Gasteiger partial charge in [0.25, 0.3) is 0 Å². The van der Waals surface area contributed by atoms with Gasteiger partial charge in [0, 0.05) is 6.04 Å². The minimum Gasteiger partial charge on any atom is -0.359 e. The van der Waals surface area contributed by atoms with Crippen molar-refractivity contribution in [3.63, 3.8) is 0 Å². The van der Waals surface area contributed by atoms with Crippen molar-refractivity contribution in [2.45, 2.75) is 44.6 Å². The van der Waals surface area contributed by atoms with Crippen molar-refractivity contribution in [1.82, 2.24) is 4.98 Å². The smallest absolute Gasteiger partial charge is 0.185 e. The molecule has 1 heterocycles. The molecule has 0 amide bonds. The molecule has 2 rings (SSSR count). The molecule has 0 unspecified atom stereocenters. The Morgan fingerprint density at radius 2 is 2.00 bits per heavy atom. The Kier molecular flexibility index (Phi) is 4.03. The molecule has 1 fully saturated rings. The number of anilines is 1. The molecule has 0 saturated heterocycles. The number of thiazole rings is 1. The normalized spacial score (nSPS) is 17.8. The van der Waals surface area contributed by atoms with Crippen LogP contribution in [0.2, 0.25) is 5.15 Å². The second-order valence-corrected chi connectivity index (χ2v) is 5.44. The first-order chi connectivity index (χ1) is 7.79. The number of nitriles is 1. The third kappa shape index (κ3) is 2.87. The van der Waals surface area contributed by atoms with Gasteiger partial charge in [-0.15, -0.1) is 0 Å². The summed E-state index contributed by atoms with van der Waals surface area (Å²) in [5.41, 5.74) is 0. The Bertz CT molecular complexity index is 388. The summed E-state index contributed by atoms with van der Waals surface area (Å²) >= 11 is 7.18. The van der Waals surface area contributed by atoms with Gasteiger partial charge in [0.2, 0.25) is 0 Å². The van der Waals surface area contributed by atoms with E-state index in [4.69, 9.17) is 16.9 Å². The summed E-state index contributed by atoms with van der Waals surface area (Å²) in [7, 11) is 0. The molecule has 1 aromatic rings. The van der Waals surface area contributed by atoms with Crippen LogP contribution >= 0.6 is 22.9 Å². The second kappa shape index (κ2) is 5.51. The maximum absolute atomic E-state index is 8.79. The zero-order valence-corrected chi connectivity index (χ0v) is 10.6. The van der Waals surface area contributed by atoms with Crippen molar-refractivity contribution < 1.29 is 0 Å². The van der Waals surface area contributed by atoms with Crippen molar-refractivity contribution >= 4 is 28.1 Å². The summed E-state index contributed by atoms with van der Waals surface area (Å²) in [6.45, 7) is 0. The van der Waals surface area contributed by atoms with Crippen LogP contribution in [0.1, 0.15) is 43.4 Å². The van der Waals surface area contributed by atoms with Gasteiger partial charge >= 0.3 is 0 Å². The predicted octanol–water partition coefficient (Wildman–Crippen LogP) is 3.80. The maximum Gasteiger partial charge on any atom is 0.185 e. The summed E-state index contributed by atoms with van der Waals surface area (Å²) in [4.78, 5) is 4.65. The molecule has 1 N–H and O–H groups in total. The highest BCUT2D eigenvalue weighted by molar-refractivity contribution is 7.16. The van der Waals surface area contributed by atoms with Gasteiger partial charge in [0.05, 0.1) is 0 Å². The van der Waals surface area contributed by atoms with Crippen LogP contribution in [0.25, 0.3) is 0 Å². The Hall–Kier alpha value is -0.790. The monoisotopic (exact) mass is 255 g/mol. The largest absolute Gasteiger partial charge is 0.359 e. The molecule has 1 aromatic heterocycles. The summed E-state index contributed by atoms with van der Waals surface area (Å²) < 4.78 is 0. The Labute approximate surface area is 104 Å². The fraction of sp³-hybridized carbons (Fsp3) is 0.636. The van der Waals surface area contributed by atoms with E-state index in [2.05, 4.69) is 10.3 Å². The van der Waals surface area contributed by atoms with Crippen LogP contribution in [-0.2, 0) is 0 Å². The first-order valence-corrected chi connectivity index (χ1v) is 6.82. The Morgan fingerprint density at radius 1 is 1.31 bits per heavy atom. The molecule has 0 bridgehead atoms. The molecule has 16 heavy (non-hydrogen) atoms. The molecule has 5 heteroatoms. The van der Waals surface area contributed by atoms with E-state index in [9.17, 15) is 0 Å². The van der Waals surface area contributed by atoms with Gasteiger partial charge in [-0.1, -0.05) is 48.6 Å². The fourth-order valence-corrected chi connectivity index (χ4v) is 3.05. The van der Waals surface area contributed by atoms with E-state index < -0.39 is 0 Å². The molecular weight excluding hydrogens is 242 g/mol. The van der Waals surface area contributed by atoms with Crippen LogP contribution in [0.15, 0.2) is 0 Å². The van der Waals surface area contributed by atoms with E-state index in [1.165, 1.54) is 49.9 Å². The maximum atomic E-state index is 8.79. The number of rotatable bonds is 2. The van der Waals surface area contributed by atoms with Gasteiger partial charge < -0.3 is 5.32 Å². The van der Waals surface area contributed by atoms with Gasteiger partial charge in [-0.3, -0.25) is 0 Å². The van der Waals surface area contributed by atoms with Crippen LogP contribution in [0, 0.1) is 11.3 Å². The predicted molar refractivity (Wildman–Crippen MR) is 67.0 cm³/mol. The van der Waals surface area contributed by atoms with E-state index in [1.54, 1.807) is 0 Å². The number of nitrogens with one attached hydrogen (secondary N) is 1. The van der Waals surface area contributed by atoms with E-state index in [-0.39, 0.29) is 0 Å². The topological polar surface area (TPSA) is 48.7 Å². The molecule has 0 atom stereocenters. The Morgan fingerprint density at radius 3 is 2.56 bits per heavy atom. The van der Waals surface area contributed by atoms with Gasteiger partial charge in [-0.2, -0.15) is 5.26 Å². The van der Waals surface area contributed by atoms with Crippen molar-refractivity contribution in [3.05, 3.63) is 10.0 Å². The summed E-state index contributed by atoms with van der Waals surface area (Å²) in [6.07, 6.45) is 7.61. The highest BCUT2D eigenvalue weighted by Crippen LogP contribution is 2.28. The van der Waals surface area contributed by atoms with E-state index >= 15 is 0 Å². The minimum atomic E-state index is 0.323. The summed E-state index contributed by atoms with van der Waals surface area (Å²) in [5, 5.41) is 13.3. The van der Waals surface area contributed by atoms with Crippen LogP contribution in [0.5, 0.6) is 0 Å². The van der Waals surface area contributed by atoms with E-state index in [0.717, 1.165) is 5.13 Å². The molecule has 1 aliphatic rings. The first-order valence-electron chi connectivity index (χ1n) is 5.62. The number of hydrogen-bond acceptors (Lipinski definition) is 4. The average Bonchev–Trinajstić information content (AvgIpc) is 2.50. The Balaban J connectivity index is 1.99. The zero-order chi connectivity index (χ0) is 11.4. The second-order valence-electron chi connectivity index (χ2n) is 4.08. The van der Waals surface area contributed by atoms with Gasteiger partial charge in [-0.05, 0) is 12.8 Å². The number of nitrogens with zero attached hydrogens (tertiary/aromatic N) is 2. The SMILES string of the molecule is N#Cc1sc(NC2CCCCCC2)nc1Cl. The van der Waals surface area contributed by atoms with E-state index in [0.29, 0.717) is 16.1 Å². The average molecular weight is 256 g/mol. The third-order valence-electron chi connectivity index (χ3n) is 2.87. The first kappa shape index (κ1) is 11.7. The molecule has 0 aliphatic heterocycles. The molecule has 1 saturated carbocycles. The van der Waals surface area contributed by atoms with Crippen molar-refractivity contribution in [3.8, 4) is 6.07 Å². The van der Waals surface area contributed by atoms with Crippen molar-refractivity contribution in [1.29, 1.82) is 5.26 Å². The number of halogens is 1. The lowest BCUT2D eigenvalue weighted by molar-refractivity contribution is 0.619. The number of hydrogen-bond donors (Lipinski definition) is 1. The molecule has 0 radical (unpaired) electrons. The minimum absolute atomic E-state index is 0.323. The van der Waals surface area contributed by atoms with E-state index in [1.807, 2.05) is 6.07 Å². The highest BCUT2D eigenvalue weighted by atomic mass is 35.5. The van der Waals surface area contributed by atoms with Crippen LogP contribution in [0.4, 0.5) is 5.13 Å². The summed E-state index contributed by atoms with van der Waals surface area (Å²) in [6, 6.07) is 2.55. The van der Waals surface area contributed by atoms with Crippen molar-refractivity contribution in [2.24, 2.45) is 0 Å². The van der Waals surface area contributed by atoms with Crippen molar-refractivity contribution in [2.75, 3.05) is 5.32 Å². The number of aromatic nitrogens is 1. The van der Waals surface area contributed by atoms with Gasteiger partial charge in [0.1, 0.15) is 10.9 Å². The summed E-state index contributed by atoms with van der Waals surface area (Å²) in [5.74, 6) is 0. The van der Waals surface area contributed by atoms with Gasteiger partial charge in [-0.25, -0.2) is 4.98 Å². The molecule has 3 nitrogen and oxygen atoms in total. The van der Waals surface area contributed by atoms with Gasteiger partial charge in [0.15, 0.2) is 10.3 Å². The van der Waals surface area contributed by atoms with Crippen LogP contribution in [-0.4, -0.2) is 11.0 Å². The zero-order valence-electron chi connectivity index (χ0n) is 9.00. The van der Waals surface area contributed by atoms with Crippen LogP contribution in [0.3, 0.4) is 0 Å². The standard InChI is InChI=1S/C11H14ClN3S/c12-10-9(7-13)16-11(15-10)14-8-5-3-1-2-4-6-8/h8H,1-6H2,(H,14,15). The molecule has 1 aliphatic carbocycles. The highest BCUT2D eigenvalue weighted by Gasteiger charge is 2.15. The lowest BCUT2D eigenvalue weighted by Gasteiger charge is -2.14. The lowest BCUT2D eigenvalue weighted by Crippen LogP contribution is -2.17. The molecule has 0 aromatic carbocycles.